The van der Waals surface area contributed by atoms with Gasteiger partial charge >= 0.3 is 0 Å². The molecule has 0 aliphatic carbocycles. The second-order valence-corrected chi connectivity index (χ2v) is 4.74. The zero-order chi connectivity index (χ0) is 15.1. The van der Waals surface area contributed by atoms with Crippen LogP contribution >= 0.6 is 11.6 Å². The molecule has 0 aliphatic rings. The molecule has 0 radical (unpaired) electrons. The van der Waals surface area contributed by atoms with E-state index in [9.17, 15) is 4.79 Å². The molecule has 5 heteroatoms. The largest absolute Gasteiger partial charge is 0.481 e. The minimum atomic E-state index is -0.643. The monoisotopic (exact) mass is 302 g/mol. The molecule has 1 atom stereocenters. The number of benzene rings is 2. The van der Waals surface area contributed by atoms with Crippen LogP contribution in [0, 0.1) is 0 Å². The first-order valence-electron chi connectivity index (χ1n) is 6.46. The summed E-state index contributed by atoms with van der Waals surface area (Å²) >= 11 is 5.98. The number of ether oxygens (including phenoxy) is 1. The lowest BCUT2D eigenvalue weighted by atomic mass is 10.2. The van der Waals surface area contributed by atoms with Gasteiger partial charge in [-0.2, -0.15) is 5.10 Å². The van der Waals surface area contributed by atoms with Crippen molar-refractivity contribution in [2.24, 2.45) is 5.10 Å². The van der Waals surface area contributed by atoms with E-state index in [-0.39, 0.29) is 5.91 Å². The number of carbonyl (C=O) groups excluding carboxylic acids is 1. The molecule has 0 heterocycles. The summed E-state index contributed by atoms with van der Waals surface area (Å²) in [6.45, 7) is 1.66. The van der Waals surface area contributed by atoms with Crippen molar-refractivity contribution in [1.82, 2.24) is 5.43 Å². The van der Waals surface area contributed by atoms with Gasteiger partial charge in [-0.3, -0.25) is 4.79 Å². The van der Waals surface area contributed by atoms with Gasteiger partial charge in [-0.05, 0) is 25.1 Å². The minimum Gasteiger partial charge on any atom is -0.481 e. The Morgan fingerprint density at radius 3 is 2.57 bits per heavy atom. The molecular weight excluding hydrogens is 288 g/mol. The maximum atomic E-state index is 11.8. The number of halogens is 1. The van der Waals surface area contributed by atoms with E-state index >= 15 is 0 Å². The molecular formula is C16H15ClN2O2. The van der Waals surface area contributed by atoms with Crippen LogP contribution in [0.4, 0.5) is 0 Å². The van der Waals surface area contributed by atoms with Crippen molar-refractivity contribution in [3.05, 3.63) is 65.2 Å². The number of nitrogens with zero attached hydrogens (tertiary/aromatic N) is 1. The quantitative estimate of drug-likeness (QED) is 0.681. The van der Waals surface area contributed by atoms with Gasteiger partial charge in [0.05, 0.1) is 6.21 Å². The van der Waals surface area contributed by atoms with E-state index in [0.29, 0.717) is 10.8 Å². The van der Waals surface area contributed by atoms with Gasteiger partial charge in [-0.1, -0.05) is 48.0 Å². The van der Waals surface area contributed by atoms with Gasteiger partial charge in [0.25, 0.3) is 5.91 Å². The van der Waals surface area contributed by atoms with Crippen LogP contribution in [0.5, 0.6) is 5.75 Å². The molecule has 0 spiro atoms. The molecule has 108 valence electrons. The topological polar surface area (TPSA) is 50.7 Å². The van der Waals surface area contributed by atoms with Crippen LogP contribution in [-0.4, -0.2) is 18.2 Å². The van der Waals surface area contributed by atoms with E-state index < -0.39 is 6.10 Å². The molecule has 0 saturated heterocycles. The fraction of sp³-hybridized carbons (Fsp3) is 0.125. The number of hydrazone groups is 1. The molecule has 21 heavy (non-hydrogen) atoms. The van der Waals surface area contributed by atoms with E-state index in [1.807, 2.05) is 36.4 Å². The van der Waals surface area contributed by atoms with Gasteiger partial charge in [-0.15, -0.1) is 0 Å². The Kier molecular flexibility index (Phi) is 5.35. The van der Waals surface area contributed by atoms with E-state index in [4.69, 9.17) is 16.3 Å². The van der Waals surface area contributed by atoms with Crippen molar-refractivity contribution < 1.29 is 9.53 Å². The first kappa shape index (κ1) is 15.1. The smallest absolute Gasteiger partial charge is 0.280 e. The van der Waals surface area contributed by atoms with Gasteiger partial charge in [0, 0.05) is 10.6 Å². The second-order valence-electron chi connectivity index (χ2n) is 4.33. The molecule has 1 unspecified atom stereocenters. The number of para-hydroxylation sites is 1. The fourth-order valence-electron chi connectivity index (χ4n) is 1.59. The molecule has 1 amide bonds. The third-order valence-electron chi connectivity index (χ3n) is 2.71. The third-order valence-corrected chi connectivity index (χ3v) is 3.05. The van der Waals surface area contributed by atoms with E-state index in [1.165, 1.54) is 6.21 Å². The number of amides is 1. The van der Waals surface area contributed by atoms with Crippen LogP contribution in [0.1, 0.15) is 12.5 Å². The first-order valence-corrected chi connectivity index (χ1v) is 6.84. The second kappa shape index (κ2) is 7.45. The number of hydrogen-bond donors (Lipinski definition) is 1. The van der Waals surface area contributed by atoms with Crippen molar-refractivity contribution in [3.8, 4) is 5.75 Å². The SMILES string of the molecule is CC(Oc1ccccc1)C(=O)N/N=C\c1ccccc1Cl. The van der Waals surface area contributed by atoms with Gasteiger partial charge < -0.3 is 4.74 Å². The lowest BCUT2D eigenvalue weighted by Gasteiger charge is -2.12. The number of rotatable bonds is 5. The molecule has 0 fully saturated rings. The molecule has 0 saturated carbocycles. The first-order chi connectivity index (χ1) is 10.2. The highest BCUT2D eigenvalue weighted by atomic mass is 35.5. The zero-order valence-corrected chi connectivity index (χ0v) is 12.2. The predicted octanol–water partition coefficient (Wildman–Crippen LogP) is 3.26. The lowest BCUT2D eigenvalue weighted by molar-refractivity contribution is -0.127. The number of nitrogens with one attached hydrogen (secondary N) is 1. The van der Waals surface area contributed by atoms with Crippen molar-refractivity contribution in [1.29, 1.82) is 0 Å². The number of hydrogen-bond acceptors (Lipinski definition) is 3. The van der Waals surface area contributed by atoms with E-state index in [1.54, 1.807) is 25.1 Å². The summed E-state index contributed by atoms with van der Waals surface area (Å²) in [5.41, 5.74) is 3.16. The third kappa shape index (κ3) is 4.61. The van der Waals surface area contributed by atoms with Gasteiger partial charge in [-0.25, -0.2) is 5.43 Å². The molecule has 0 aliphatic heterocycles. The van der Waals surface area contributed by atoms with Gasteiger partial charge in [0.15, 0.2) is 6.10 Å². The Morgan fingerprint density at radius 2 is 1.86 bits per heavy atom. The van der Waals surface area contributed by atoms with Crippen LogP contribution in [0.15, 0.2) is 59.7 Å². The number of carbonyl (C=O) groups is 1. The van der Waals surface area contributed by atoms with Crippen LogP contribution < -0.4 is 10.2 Å². The summed E-state index contributed by atoms with van der Waals surface area (Å²) in [6, 6.07) is 16.4. The highest BCUT2D eigenvalue weighted by molar-refractivity contribution is 6.33. The molecule has 1 N–H and O–H groups in total. The summed E-state index contributed by atoms with van der Waals surface area (Å²) in [5.74, 6) is 0.303. The highest BCUT2D eigenvalue weighted by Gasteiger charge is 2.13. The summed E-state index contributed by atoms with van der Waals surface area (Å²) < 4.78 is 5.49. The van der Waals surface area contributed by atoms with Crippen molar-refractivity contribution in [2.75, 3.05) is 0 Å². The van der Waals surface area contributed by atoms with Gasteiger partial charge in [0.2, 0.25) is 0 Å². The summed E-state index contributed by atoms with van der Waals surface area (Å²) in [7, 11) is 0. The Bertz CT molecular complexity index is 629. The van der Waals surface area contributed by atoms with Crippen molar-refractivity contribution >= 4 is 23.7 Å². The minimum absolute atomic E-state index is 0.331. The maximum Gasteiger partial charge on any atom is 0.280 e. The van der Waals surface area contributed by atoms with Crippen molar-refractivity contribution in [3.63, 3.8) is 0 Å². The van der Waals surface area contributed by atoms with Crippen molar-refractivity contribution in [2.45, 2.75) is 13.0 Å². The molecule has 2 rings (SSSR count). The average Bonchev–Trinajstić information content (AvgIpc) is 2.50. The predicted molar refractivity (Wildman–Crippen MR) is 83.7 cm³/mol. The Labute approximate surface area is 128 Å². The van der Waals surface area contributed by atoms with Gasteiger partial charge in [0.1, 0.15) is 5.75 Å². The van der Waals surface area contributed by atoms with Crippen LogP contribution in [-0.2, 0) is 4.79 Å². The molecule has 0 aromatic heterocycles. The molecule has 2 aromatic rings. The summed E-state index contributed by atoms with van der Waals surface area (Å²) in [6.07, 6.45) is 0.853. The fourth-order valence-corrected chi connectivity index (χ4v) is 1.78. The molecule has 4 nitrogen and oxygen atoms in total. The molecule has 2 aromatic carbocycles. The van der Waals surface area contributed by atoms with E-state index in [2.05, 4.69) is 10.5 Å². The molecule has 0 bridgehead atoms. The Morgan fingerprint density at radius 1 is 1.19 bits per heavy atom. The lowest BCUT2D eigenvalue weighted by Crippen LogP contribution is -2.33. The normalized spacial score (nSPS) is 12.1. The standard InChI is InChI=1S/C16H15ClN2O2/c1-12(21-14-8-3-2-4-9-14)16(20)19-18-11-13-7-5-6-10-15(13)17/h2-12H,1H3,(H,19,20)/b18-11-. The van der Waals surface area contributed by atoms with Crippen LogP contribution in [0.3, 0.4) is 0 Å². The van der Waals surface area contributed by atoms with Crippen LogP contribution in [0.25, 0.3) is 0 Å². The zero-order valence-electron chi connectivity index (χ0n) is 11.5. The van der Waals surface area contributed by atoms with E-state index in [0.717, 1.165) is 5.56 Å². The van der Waals surface area contributed by atoms with Crippen LogP contribution in [0.2, 0.25) is 5.02 Å². The Hall–Kier alpha value is -2.33. The average molecular weight is 303 g/mol. The Balaban J connectivity index is 1.88. The maximum absolute atomic E-state index is 11.8. The highest BCUT2D eigenvalue weighted by Crippen LogP contribution is 2.12. The summed E-state index contributed by atoms with van der Waals surface area (Å²) in [4.78, 5) is 11.8. The summed E-state index contributed by atoms with van der Waals surface area (Å²) in [5, 5.41) is 4.45.